The monoisotopic (exact) mass is 572 g/mol. The van der Waals surface area contributed by atoms with E-state index in [0.29, 0.717) is 29.1 Å². The first-order valence-electron chi connectivity index (χ1n) is 15.4. The highest BCUT2D eigenvalue weighted by Crippen LogP contribution is 2.20. The largest absolute Gasteiger partial charge is 0.454 e. The van der Waals surface area contributed by atoms with Crippen molar-refractivity contribution in [2.75, 3.05) is 0 Å². The van der Waals surface area contributed by atoms with E-state index in [4.69, 9.17) is 9.47 Å². The lowest BCUT2D eigenvalue weighted by Crippen LogP contribution is -2.24. The van der Waals surface area contributed by atoms with E-state index >= 15 is 0 Å². The molecule has 42 heavy (non-hydrogen) atoms. The number of aromatic nitrogens is 2. The van der Waals surface area contributed by atoms with Gasteiger partial charge in [-0.15, -0.1) is 0 Å². The zero-order valence-corrected chi connectivity index (χ0v) is 25.3. The van der Waals surface area contributed by atoms with Crippen molar-refractivity contribution in [2.24, 2.45) is 0 Å². The molecule has 7 nitrogen and oxygen atoms in total. The van der Waals surface area contributed by atoms with Crippen molar-refractivity contribution in [1.82, 2.24) is 9.97 Å². The fraction of sp³-hybridized carbons (Fsp3) is 0.457. The van der Waals surface area contributed by atoms with E-state index in [-0.39, 0.29) is 11.8 Å². The van der Waals surface area contributed by atoms with Gasteiger partial charge in [-0.3, -0.25) is 9.59 Å². The highest BCUT2D eigenvalue weighted by Gasteiger charge is 2.20. The molecular formula is C35H44N2O5. The van der Waals surface area contributed by atoms with Crippen LogP contribution in [0.15, 0.2) is 60.9 Å². The zero-order valence-electron chi connectivity index (χ0n) is 25.3. The molecule has 0 bridgehead atoms. The number of Topliss-reactive ketones (excluding diaryl/α,β-unsaturated/α-hetero) is 1. The summed E-state index contributed by atoms with van der Waals surface area (Å²) < 4.78 is 10.8. The van der Waals surface area contributed by atoms with Crippen molar-refractivity contribution < 1.29 is 23.9 Å². The molecule has 0 N–H and O–H groups in total. The standard InChI is InChI=1S/C35H44N2O5/c1-4-6-8-10-11-12-14-27-24-36-34(37-25-27)29-16-18-30(19-17-29)35(40)42-31-22-20-28(21-23-31)33(39)26(3)41-32(38)15-13-9-7-5-2/h16-26H,4-15H2,1-3H3. The summed E-state index contributed by atoms with van der Waals surface area (Å²) in [5, 5.41) is 0. The summed E-state index contributed by atoms with van der Waals surface area (Å²) in [5.74, 6) is -0.261. The lowest BCUT2D eigenvalue weighted by molar-refractivity contribution is -0.146. The fourth-order valence-electron chi connectivity index (χ4n) is 4.59. The molecule has 0 aliphatic heterocycles. The van der Waals surface area contributed by atoms with Crippen LogP contribution in [-0.4, -0.2) is 33.8 Å². The van der Waals surface area contributed by atoms with Gasteiger partial charge < -0.3 is 9.47 Å². The molecular weight excluding hydrogens is 528 g/mol. The van der Waals surface area contributed by atoms with Gasteiger partial charge >= 0.3 is 11.9 Å². The molecule has 0 saturated carbocycles. The molecule has 3 aromatic rings. The Morgan fingerprint density at radius 1 is 0.714 bits per heavy atom. The molecule has 0 saturated heterocycles. The Bertz CT molecular complexity index is 1250. The minimum absolute atomic E-state index is 0.303. The second-order valence-electron chi connectivity index (χ2n) is 10.7. The average Bonchev–Trinajstić information content (AvgIpc) is 3.01. The van der Waals surface area contributed by atoms with E-state index in [2.05, 4.69) is 23.8 Å². The summed E-state index contributed by atoms with van der Waals surface area (Å²) in [5.41, 5.74) is 2.72. The molecule has 3 rings (SSSR count). The lowest BCUT2D eigenvalue weighted by atomic mass is 10.1. The maximum Gasteiger partial charge on any atom is 0.343 e. The third-order valence-electron chi connectivity index (χ3n) is 7.16. The number of aryl methyl sites for hydroxylation is 1. The van der Waals surface area contributed by atoms with Gasteiger partial charge in [-0.2, -0.15) is 0 Å². The van der Waals surface area contributed by atoms with Crippen LogP contribution in [-0.2, 0) is 16.0 Å². The van der Waals surface area contributed by atoms with Crippen LogP contribution in [0.25, 0.3) is 11.4 Å². The second kappa shape index (κ2) is 17.8. The maximum atomic E-state index is 12.7. The smallest absolute Gasteiger partial charge is 0.343 e. The van der Waals surface area contributed by atoms with Crippen molar-refractivity contribution in [3.63, 3.8) is 0 Å². The van der Waals surface area contributed by atoms with Gasteiger partial charge in [0.15, 0.2) is 11.9 Å². The Hall–Kier alpha value is -3.87. The Morgan fingerprint density at radius 2 is 1.29 bits per heavy atom. The average molecular weight is 573 g/mol. The van der Waals surface area contributed by atoms with Gasteiger partial charge in [0.25, 0.3) is 0 Å². The normalized spacial score (nSPS) is 11.6. The number of carbonyl (C=O) groups excluding carboxylic acids is 3. The molecule has 0 spiro atoms. The second-order valence-corrected chi connectivity index (χ2v) is 10.7. The Balaban J connectivity index is 1.47. The summed E-state index contributed by atoms with van der Waals surface area (Å²) in [6, 6.07) is 13.2. The molecule has 1 heterocycles. The van der Waals surface area contributed by atoms with E-state index in [1.165, 1.54) is 32.1 Å². The molecule has 7 heteroatoms. The molecule has 0 radical (unpaired) electrons. The molecule has 2 aromatic carbocycles. The number of unbranched alkanes of at least 4 members (excludes halogenated alkanes) is 8. The van der Waals surface area contributed by atoms with E-state index in [1.54, 1.807) is 55.5 Å². The Morgan fingerprint density at radius 3 is 1.93 bits per heavy atom. The Labute approximate surface area is 250 Å². The van der Waals surface area contributed by atoms with Crippen LogP contribution in [0.1, 0.15) is 118 Å². The summed E-state index contributed by atoms with van der Waals surface area (Å²) in [6.07, 6.45) is 15.6. The van der Waals surface area contributed by atoms with Crippen LogP contribution in [0.2, 0.25) is 0 Å². The van der Waals surface area contributed by atoms with Crippen molar-refractivity contribution in [1.29, 1.82) is 0 Å². The zero-order chi connectivity index (χ0) is 30.2. The number of benzene rings is 2. The lowest BCUT2D eigenvalue weighted by Gasteiger charge is -2.13. The number of carbonyl (C=O) groups is 3. The first-order chi connectivity index (χ1) is 20.4. The molecule has 1 aromatic heterocycles. The van der Waals surface area contributed by atoms with Crippen molar-refractivity contribution in [2.45, 2.75) is 104 Å². The van der Waals surface area contributed by atoms with Gasteiger partial charge in [-0.25, -0.2) is 14.8 Å². The first-order valence-corrected chi connectivity index (χ1v) is 15.4. The van der Waals surface area contributed by atoms with Gasteiger partial charge in [0.05, 0.1) is 5.56 Å². The van der Waals surface area contributed by atoms with Gasteiger partial charge in [0.1, 0.15) is 5.75 Å². The third-order valence-corrected chi connectivity index (χ3v) is 7.16. The molecule has 224 valence electrons. The number of esters is 2. The van der Waals surface area contributed by atoms with Gasteiger partial charge in [-0.05, 0) is 68.1 Å². The van der Waals surface area contributed by atoms with Crippen LogP contribution in [0.5, 0.6) is 5.75 Å². The van der Waals surface area contributed by atoms with E-state index < -0.39 is 12.1 Å². The fourth-order valence-corrected chi connectivity index (χ4v) is 4.59. The third kappa shape index (κ3) is 10.8. The van der Waals surface area contributed by atoms with Crippen molar-refractivity contribution in [3.8, 4) is 17.1 Å². The van der Waals surface area contributed by atoms with Crippen LogP contribution in [0.4, 0.5) is 0 Å². The summed E-state index contributed by atoms with van der Waals surface area (Å²) >= 11 is 0. The molecule has 0 aliphatic carbocycles. The van der Waals surface area contributed by atoms with Crippen molar-refractivity contribution in [3.05, 3.63) is 77.6 Å². The van der Waals surface area contributed by atoms with E-state index in [9.17, 15) is 14.4 Å². The predicted molar refractivity (Wildman–Crippen MR) is 165 cm³/mol. The number of ketones is 1. The van der Waals surface area contributed by atoms with E-state index in [0.717, 1.165) is 49.7 Å². The minimum atomic E-state index is -0.879. The van der Waals surface area contributed by atoms with Crippen LogP contribution in [0.3, 0.4) is 0 Å². The molecule has 0 aliphatic rings. The summed E-state index contributed by atoms with van der Waals surface area (Å²) in [7, 11) is 0. The number of ether oxygens (including phenoxy) is 2. The molecule has 0 fully saturated rings. The predicted octanol–water partition coefficient (Wildman–Crippen LogP) is 8.35. The van der Waals surface area contributed by atoms with Crippen molar-refractivity contribution >= 4 is 17.7 Å². The van der Waals surface area contributed by atoms with Gasteiger partial charge in [0.2, 0.25) is 5.78 Å². The maximum absolute atomic E-state index is 12.7. The quantitative estimate of drug-likeness (QED) is 0.0654. The number of nitrogens with zero attached hydrogens (tertiary/aromatic N) is 2. The first kappa shape index (κ1) is 32.6. The SMILES string of the molecule is CCCCCCCCc1cnc(-c2ccc(C(=O)Oc3ccc(C(=O)C(C)OC(=O)CCCCCC)cc3)cc2)nc1. The molecule has 1 atom stereocenters. The summed E-state index contributed by atoms with van der Waals surface area (Å²) in [4.78, 5) is 46.4. The van der Waals surface area contributed by atoms with Crippen LogP contribution >= 0.6 is 0 Å². The summed E-state index contributed by atoms with van der Waals surface area (Å²) in [6.45, 7) is 5.90. The number of hydrogen-bond acceptors (Lipinski definition) is 7. The topological polar surface area (TPSA) is 95.5 Å². The van der Waals surface area contributed by atoms with Crippen LogP contribution < -0.4 is 4.74 Å². The number of hydrogen-bond donors (Lipinski definition) is 0. The molecule has 1 unspecified atom stereocenters. The van der Waals surface area contributed by atoms with Gasteiger partial charge in [-0.1, -0.05) is 77.3 Å². The molecule has 0 amide bonds. The van der Waals surface area contributed by atoms with Gasteiger partial charge in [0, 0.05) is 29.9 Å². The minimum Gasteiger partial charge on any atom is -0.454 e. The highest BCUT2D eigenvalue weighted by atomic mass is 16.5. The number of rotatable bonds is 18. The Kier molecular flexibility index (Phi) is 13.9. The van der Waals surface area contributed by atoms with E-state index in [1.807, 2.05) is 12.4 Å². The highest BCUT2D eigenvalue weighted by molar-refractivity contribution is 6.00. The van der Waals surface area contributed by atoms with Crippen LogP contribution in [0, 0.1) is 0 Å².